The molecule has 5 nitrogen and oxygen atoms in total. The van der Waals surface area contributed by atoms with Gasteiger partial charge < -0.3 is 9.30 Å². The van der Waals surface area contributed by atoms with Gasteiger partial charge in [-0.05, 0) is 29.8 Å². The molecule has 0 aliphatic heterocycles. The van der Waals surface area contributed by atoms with Crippen LogP contribution < -0.4 is 10.2 Å². The zero-order chi connectivity index (χ0) is 14.4. The molecular formula is C15H17N3O2. The Hall–Kier alpha value is -2.56. The zero-order valence-corrected chi connectivity index (χ0v) is 11.5. The van der Waals surface area contributed by atoms with Gasteiger partial charge in [0.1, 0.15) is 5.75 Å². The number of hydrazone groups is 1. The molecule has 5 heteroatoms. The van der Waals surface area contributed by atoms with Crippen LogP contribution in [0, 0.1) is 0 Å². The Labute approximate surface area is 117 Å². The number of aromatic nitrogens is 1. The molecule has 0 unspecified atom stereocenters. The van der Waals surface area contributed by atoms with Gasteiger partial charge in [0.15, 0.2) is 0 Å². The number of hydrogen-bond donors (Lipinski definition) is 1. The highest BCUT2D eigenvalue weighted by atomic mass is 16.5. The second kappa shape index (κ2) is 6.56. The van der Waals surface area contributed by atoms with E-state index >= 15 is 0 Å². The Morgan fingerprint density at radius 3 is 2.95 bits per heavy atom. The maximum atomic E-state index is 11.7. The summed E-state index contributed by atoms with van der Waals surface area (Å²) in [4.78, 5) is 11.7. The van der Waals surface area contributed by atoms with Crippen LogP contribution in [0.1, 0.15) is 11.3 Å². The van der Waals surface area contributed by atoms with Crippen LogP contribution in [0.4, 0.5) is 0 Å². The minimum absolute atomic E-state index is 0.147. The second-order valence-electron chi connectivity index (χ2n) is 4.36. The quantitative estimate of drug-likeness (QED) is 0.665. The second-order valence-corrected chi connectivity index (χ2v) is 4.36. The third kappa shape index (κ3) is 3.71. The Morgan fingerprint density at radius 1 is 1.40 bits per heavy atom. The highest BCUT2D eigenvalue weighted by molar-refractivity contribution is 5.83. The Kier molecular flexibility index (Phi) is 4.55. The first-order chi connectivity index (χ1) is 9.69. The van der Waals surface area contributed by atoms with E-state index in [0.29, 0.717) is 6.42 Å². The number of hydrogen-bond acceptors (Lipinski definition) is 3. The van der Waals surface area contributed by atoms with Crippen LogP contribution >= 0.6 is 0 Å². The fourth-order valence-electron chi connectivity index (χ4n) is 1.78. The van der Waals surface area contributed by atoms with E-state index < -0.39 is 0 Å². The summed E-state index contributed by atoms with van der Waals surface area (Å²) in [5.41, 5.74) is 4.32. The summed E-state index contributed by atoms with van der Waals surface area (Å²) in [7, 11) is 3.51. The van der Waals surface area contributed by atoms with Crippen LogP contribution in [-0.2, 0) is 18.3 Å². The predicted octanol–water partition coefficient (Wildman–Crippen LogP) is 1.73. The van der Waals surface area contributed by atoms with E-state index in [2.05, 4.69) is 10.5 Å². The molecule has 0 aliphatic carbocycles. The molecule has 0 spiro atoms. The first-order valence-electron chi connectivity index (χ1n) is 6.25. The summed E-state index contributed by atoms with van der Waals surface area (Å²) >= 11 is 0. The molecule has 0 bridgehead atoms. The lowest BCUT2D eigenvalue weighted by Crippen LogP contribution is -2.20. The van der Waals surface area contributed by atoms with Crippen LogP contribution in [0.3, 0.4) is 0 Å². The first kappa shape index (κ1) is 13.9. The third-order valence-corrected chi connectivity index (χ3v) is 2.89. The van der Waals surface area contributed by atoms with E-state index in [-0.39, 0.29) is 5.91 Å². The topological polar surface area (TPSA) is 55.6 Å². The van der Waals surface area contributed by atoms with E-state index in [9.17, 15) is 4.79 Å². The van der Waals surface area contributed by atoms with Crippen molar-refractivity contribution in [1.29, 1.82) is 0 Å². The molecule has 1 aromatic heterocycles. The van der Waals surface area contributed by atoms with Gasteiger partial charge in [-0.3, -0.25) is 4.79 Å². The number of nitrogens with one attached hydrogen (secondary N) is 1. The Morgan fingerprint density at radius 2 is 2.25 bits per heavy atom. The predicted molar refractivity (Wildman–Crippen MR) is 77.8 cm³/mol. The number of benzene rings is 1. The van der Waals surface area contributed by atoms with Crippen LogP contribution in [0.15, 0.2) is 47.7 Å². The van der Waals surface area contributed by atoms with Crippen molar-refractivity contribution in [2.45, 2.75) is 6.42 Å². The largest absolute Gasteiger partial charge is 0.497 e. The molecule has 1 heterocycles. The lowest BCUT2D eigenvalue weighted by atomic mass is 10.2. The average Bonchev–Trinajstić information content (AvgIpc) is 2.84. The summed E-state index contributed by atoms with van der Waals surface area (Å²) in [5, 5.41) is 3.94. The number of nitrogens with zero attached hydrogens (tertiary/aromatic N) is 2. The Balaban J connectivity index is 1.89. The van der Waals surface area contributed by atoms with Crippen molar-refractivity contribution in [1.82, 2.24) is 9.99 Å². The van der Waals surface area contributed by atoms with Gasteiger partial charge in [0.05, 0.1) is 19.7 Å². The number of rotatable bonds is 5. The minimum Gasteiger partial charge on any atom is -0.497 e. The van der Waals surface area contributed by atoms with Gasteiger partial charge in [-0.2, -0.15) is 5.10 Å². The highest BCUT2D eigenvalue weighted by Crippen LogP contribution is 2.10. The molecule has 0 saturated heterocycles. The van der Waals surface area contributed by atoms with Crippen LogP contribution in [-0.4, -0.2) is 23.8 Å². The third-order valence-electron chi connectivity index (χ3n) is 2.89. The molecular weight excluding hydrogens is 254 g/mol. The smallest absolute Gasteiger partial charge is 0.245 e. The number of methoxy groups -OCH3 is 1. The van der Waals surface area contributed by atoms with Crippen molar-refractivity contribution in [3.8, 4) is 5.75 Å². The Bertz CT molecular complexity index is 617. The van der Waals surface area contributed by atoms with Crippen molar-refractivity contribution in [3.05, 3.63) is 53.9 Å². The molecule has 2 aromatic rings. The molecule has 1 N–H and O–H groups in total. The van der Waals surface area contributed by atoms with Crippen molar-refractivity contribution in [2.24, 2.45) is 12.1 Å². The maximum Gasteiger partial charge on any atom is 0.245 e. The highest BCUT2D eigenvalue weighted by Gasteiger charge is 2.04. The van der Waals surface area contributed by atoms with E-state index in [4.69, 9.17) is 4.74 Å². The molecule has 0 fully saturated rings. The normalized spacial score (nSPS) is 10.7. The average molecular weight is 271 g/mol. The zero-order valence-electron chi connectivity index (χ0n) is 11.5. The maximum absolute atomic E-state index is 11.7. The molecule has 20 heavy (non-hydrogen) atoms. The molecule has 2 rings (SSSR count). The summed E-state index contributed by atoms with van der Waals surface area (Å²) in [6.07, 6.45) is 3.80. The standard InChI is InChI=1S/C15H17N3O2/c1-18-8-4-6-13(18)10-15(19)17-16-11-12-5-3-7-14(9-12)20-2/h3-9,11H,10H2,1-2H3,(H,17,19). The minimum atomic E-state index is -0.147. The van der Waals surface area contributed by atoms with Gasteiger partial charge in [-0.15, -0.1) is 0 Å². The van der Waals surface area contributed by atoms with Gasteiger partial charge >= 0.3 is 0 Å². The molecule has 0 atom stereocenters. The molecule has 0 aliphatic rings. The number of carbonyl (C=O) groups is 1. The van der Waals surface area contributed by atoms with E-state index in [1.165, 1.54) is 0 Å². The van der Waals surface area contributed by atoms with E-state index in [1.54, 1.807) is 13.3 Å². The van der Waals surface area contributed by atoms with Crippen molar-refractivity contribution < 1.29 is 9.53 Å². The molecule has 104 valence electrons. The number of carbonyl (C=O) groups excluding carboxylic acids is 1. The molecule has 1 aromatic carbocycles. The van der Waals surface area contributed by atoms with Gasteiger partial charge in [-0.25, -0.2) is 5.43 Å². The fourth-order valence-corrected chi connectivity index (χ4v) is 1.78. The van der Waals surface area contributed by atoms with Gasteiger partial charge in [0.2, 0.25) is 5.91 Å². The number of amides is 1. The van der Waals surface area contributed by atoms with E-state index in [1.807, 2.05) is 54.2 Å². The van der Waals surface area contributed by atoms with Crippen molar-refractivity contribution in [2.75, 3.05) is 7.11 Å². The SMILES string of the molecule is COc1cccc(C=NNC(=O)Cc2cccn2C)c1. The summed E-state index contributed by atoms with van der Waals surface area (Å²) in [6.45, 7) is 0. The van der Waals surface area contributed by atoms with Crippen LogP contribution in [0.5, 0.6) is 5.75 Å². The number of ether oxygens (including phenoxy) is 1. The monoisotopic (exact) mass is 271 g/mol. The lowest BCUT2D eigenvalue weighted by molar-refractivity contribution is -0.120. The van der Waals surface area contributed by atoms with Gasteiger partial charge in [-0.1, -0.05) is 12.1 Å². The van der Waals surface area contributed by atoms with Crippen LogP contribution in [0.2, 0.25) is 0 Å². The summed E-state index contributed by atoms with van der Waals surface area (Å²) in [5.74, 6) is 0.607. The number of aryl methyl sites for hydroxylation is 1. The molecule has 0 radical (unpaired) electrons. The van der Waals surface area contributed by atoms with Crippen LogP contribution in [0.25, 0.3) is 0 Å². The van der Waals surface area contributed by atoms with E-state index in [0.717, 1.165) is 17.0 Å². The van der Waals surface area contributed by atoms with Gasteiger partial charge in [0.25, 0.3) is 0 Å². The fraction of sp³-hybridized carbons (Fsp3) is 0.200. The lowest BCUT2D eigenvalue weighted by Gasteiger charge is -2.02. The van der Waals surface area contributed by atoms with Crippen molar-refractivity contribution in [3.63, 3.8) is 0 Å². The van der Waals surface area contributed by atoms with Gasteiger partial charge in [0, 0.05) is 18.9 Å². The summed E-state index contributed by atoms with van der Waals surface area (Å²) in [6, 6.07) is 11.3. The molecule has 1 amide bonds. The summed E-state index contributed by atoms with van der Waals surface area (Å²) < 4.78 is 7.02. The first-order valence-corrected chi connectivity index (χ1v) is 6.25. The molecule has 0 saturated carbocycles. The van der Waals surface area contributed by atoms with Crippen molar-refractivity contribution >= 4 is 12.1 Å².